The van der Waals surface area contributed by atoms with Crippen molar-refractivity contribution in [2.75, 3.05) is 5.32 Å². The van der Waals surface area contributed by atoms with Crippen molar-refractivity contribution in [3.63, 3.8) is 0 Å². The molecule has 5 nitrogen and oxygen atoms in total. The van der Waals surface area contributed by atoms with Crippen LogP contribution < -0.4 is 10.9 Å². The molecule has 0 aliphatic rings. The van der Waals surface area contributed by atoms with Crippen molar-refractivity contribution in [3.8, 4) is 11.8 Å². The summed E-state index contributed by atoms with van der Waals surface area (Å²) in [5.41, 5.74) is 2.42. The first kappa shape index (κ1) is 17.5. The molecule has 1 N–H and O–H groups in total. The lowest BCUT2D eigenvalue weighted by molar-refractivity contribution is 0.846. The zero-order chi connectivity index (χ0) is 18.6. The van der Waals surface area contributed by atoms with E-state index in [0.29, 0.717) is 17.2 Å². The van der Waals surface area contributed by atoms with Crippen molar-refractivity contribution in [2.24, 2.45) is 0 Å². The highest BCUT2D eigenvalue weighted by molar-refractivity contribution is 7.16. The first-order valence-electron chi connectivity index (χ1n) is 8.49. The number of nitrogens with zero attached hydrogens (tertiary/aromatic N) is 3. The number of hydrogen-bond donors (Lipinski definition) is 1. The summed E-state index contributed by atoms with van der Waals surface area (Å²) in [5, 5.41) is 10.5. The molecule has 0 aliphatic heterocycles. The molecular weight excluding hydrogens is 376 g/mol. The molecule has 3 heterocycles. The molecule has 27 heavy (non-hydrogen) atoms. The van der Waals surface area contributed by atoms with Crippen LogP contribution in [0.1, 0.15) is 28.1 Å². The number of rotatable bonds is 4. The normalized spacial score (nSPS) is 10.6. The lowest BCUT2D eigenvalue weighted by atomic mass is 10.2. The van der Waals surface area contributed by atoms with Crippen LogP contribution >= 0.6 is 22.7 Å². The number of aryl methyl sites for hydroxylation is 1. The number of anilines is 1. The maximum atomic E-state index is 12.2. The fourth-order valence-electron chi connectivity index (χ4n) is 2.51. The van der Waals surface area contributed by atoms with E-state index in [1.165, 1.54) is 21.9 Å². The molecule has 1 aromatic carbocycles. The van der Waals surface area contributed by atoms with Gasteiger partial charge in [0.05, 0.1) is 17.1 Å². The molecule has 4 rings (SSSR count). The van der Waals surface area contributed by atoms with E-state index in [1.54, 1.807) is 11.3 Å². The fourth-order valence-corrected chi connectivity index (χ4v) is 3.94. The van der Waals surface area contributed by atoms with Crippen molar-refractivity contribution in [1.82, 2.24) is 14.6 Å². The van der Waals surface area contributed by atoms with E-state index in [0.717, 1.165) is 27.6 Å². The fraction of sp³-hybridized carbons (Fsp3) is 0.150. The van der Waals surface area contributed by atoms with Crippen molar-refractivity contribution < 1.29 is 0 Å². The van der Waals surface area contributed by atoms with Crippen LogP contribution in [-0.4, -0.2) is 14.6 Å². The maximum absolute atomic E-state index is 12.2. The second kappa shape index (κ2) is 7.74. The smallest absolute Gasteiger partial charge is 0.275 e. The number of fused-ring (bicyclic) bond motifs is 1. The first-order valence-corrected chi connectivity index (χ1v) is 10.2. The number of benzene rings is 1. The molecule has 0 fully saturated rings. The third kappa shape index (κ3) is 4.08. The average Bonchev–Trinajstić information content (AvgIpc) is 3.35. The lowest BCUT2D eigenvalue weighted by Gasteiger charge is -2.06. The largest absolute Gasteiger partial charge is 0.379 e. The van der Waals surface area contributed by atoms with Gasteiger partial charge in [-0.1, -0.05) is 42.2 Å². The molecule has 0 radical (unpaired) electrons. The Balaban J connectivity index is 1.51. The van der Waals surface area contributed by atoms with Gasteiger partial charge in [-0.2, -0.15) is 9.61 Å². The third-order valence-corrected chi connectivity index (χ3v) is 5.67. The van der Waals surface area contributed by atoms with E-state index in [2.05, 4.69) is 27.2 Å². The van der Waals surface area contributed by atoms with Crippen molar-refractivity contribution in [1.29, 1.82) is 0 Å². The van der Waals surface area contributed by atoms with Crippen LogP contribution in [0, 0.1) is 11.8 Å². The number of nitrogens with one attached hydrogen (secondary N) is 1. The molecule has 4 aromatic rings. The highest BCUT2D eigenvalue weighted by Crippen LogP contribution is 2.14. The predicted molar refractivity (Wildman–Crippen MR) is 111 cm³/mol. The number of aromatic nitrogens is 3. The molecule has 0 atom stereocenters. The second-order valence-corrected chi connectivity index (χ2v) is 7.78. The van der Waals surface area contributed by atoms with Crippen LogP contribution in [0.25, 0.3) is 4.96 Å². The van der Waals surface area contributed by atoms with Gasteiger partial charge in [0, 0.05) is 17.3 Å². The second-order valence-electron chi connectivity index (χ2n) is 5.79. The Morgan fingerprint density at radius 1 is 1.19 bits per heavy atom. The van der Waals surface area contributed by atoms with Gasteiger partial charge in [0.15, 0.2) is 0 Å². The van der Waals surface area contributed by atoms with Crippen molar-refractivity contribution >= 4 is 33.3 Å². The molecule has 0 saturated carbocycles. The van der Waals surface area contributed by atoms with E-state index in [9.17, 15) is 4.79 Å². The average molecular weight is 393 g/mol. The van der Waals surface area contributed by atoms with Gasteiger partial charge in [-0.05, 0) is 36.1 Å². The quantitative estimate of drug-likeness (QED) is 0.537. The Hall–Kier alpha value is -2.95. The topological polar surface area (TPSA) is 59.3 Å². The van der Waals surface area contributed by atoms with Gasteiger partial charge >= 0.3 is 0 Å². The Morgan fingerprint density at radius 2 is 2.11 bits per heavy atom. The Labute approximate surface area is 164 Å². The van der Waals surface area contributed by atoms with E-state index in [1.807, 2.05) is 48.7 Å². The van der Waals surface area contributed by atoms with Crippen LogP contribution in [0.3, 0.4) is 0 Å². The molecule has 0 amide bonds. The van der Waals surface area contributed by atoms with Crippen LogP contribution in [-0.2, 0) is 13.0 Å². The molecule has 134 valence electrons. The van der Waals surface area contributed by atoms with Gasteiger partial charge in [-0.25, -0.2) is 4.98 Å². The highest BCUT2D eigenvalue weighted by atomic mass is 32.1. The summed E-state index contributed by atoms with van der Waals surface area (Å²) in [7, 11) is 0. The minimum absolute atomic E-state index is 0.150. The van der Waals surface area contributed by atoms with E-state index in [-0.39, 0.29) is 5.56 Å². The summed E-state index contributed by atoms with van der Waals surface area (Å²) in [6.45, 7) is 2.48. The van der Waals surface area contributed by atoms with Crippen LogP contribution in [0.5, 0.6) is 0 Å². The minimum Gasteiger partial charge on any atom is -0.379 e. The molecule has 0 unspecified atom stereocenters. The van der Waals surface area contributed by atoms with Gasteiger partial charge in [0.1, 0.15) is 5.01 Å². The van der Waals surface area contributed by atoms with Gasteiger partial charge in [-0.15, -0.1) is 11.3 Å². The van der Waals surface area contributed by atoms with E-state index >= 15 is 0 Å². The minimum atomic E-state index is -0.150. The molecule has 0 aliphatic carbocycles. The molecule has 0 spiro atoms. The summed E-state index contributed by atoms with van der Waals surface area (Å²) in [6, 6.07) is 13.4. The monoisotopic (exact) mass is 392 g/mol. The number of thiophene rings is 1. The standard InChI is InChI=1S/C20H16N4OS2/c1-2-18-23-24-19(25)12-16(22-20(24)27-18)13-21-15-6-3-5-14(11-15)8-9-17-7-4-10-26-17/h3-7,10-12,21H,2,13H2,1H3. The summed E-state index contributed by atoms with van der Waals surface area (Å²) < 4.78 is 1.37. The molecule has 0 bridgehead atoms. The van der Waals surface area contributed by atoms with Gasteiger partial charge < -0.3 is 5.32 Å². The highest BCUT2D eigenvalue weighted by Gasteiger charge is 2.08. The van der Waals surface area contributed by atoms with Gasteiger partial charge in [-0.3, -0.25) is 4.79 Å². The van der Waals surface area contributed by atoms with Crippen molar-refractivity contribution in [2.45, 2.75) is 19.9 Å². The molecular formula is C20H16N4OS2. The molecule has 3 aromatic heterocycles. The van der Waals surface area contributed by atoms with Crippen LogP contribution in [0.15, 0.2) is 52.6 Å². The summed E-state index contributed by atoms with van der Waals surface area (Å²) >= 11 is 3.08. The molecule has 0 saturated heterocycles. The van der Waals surface area contributed by atoms with Gasteiger partial charge in [0.25, 0.3) is 5.56 Å². The van der Waals surface area contributed by atoms with Crippen LogP contribution in [0.2, 0.25) is 0 Å². The Morgan fingerprint density at radius 3 is 2.93 bits per heavy atom. The maximum Gasteiger partial charge on any atom is 0.275 e. The third-order valence-electron chi connectivity index (χ3n) is 3.83. The predicted octanol–water partition coefficient (Wildman–Crippen LogP) is 3.79. The van der Waals surface area contributed by atoms with E-state index in [4.69, 9.17) is 0 Å². The summed E-state index contributed by atoms with van der Waals surface area (Å²) in [4.78, 5) is 18.4. The SMILES string of the molecule is CCc1nn2c(=O)cc(CNc3cccc(C#Cc4cccs4)c3)nc2s1. The van der Waals surface area contributed by atoms with Gasteiger partial charge in [0.2, 0.25) is 4.96 Å². The molecule has 7 heteroatoms. The Kier molecular flexibility index (Phi) is 5.01. The zero-order valence-corrected chi connectivity index (χ0v) is 16.2. The lowest BCUT2D eigenvalue weighted by Crippen LogP contribution is -2.16. The van der Waals surface area contributed by atoms with Crippen LogP contribution in [0.4, 0.5) is 5.69 Å². The Bertz CT molecular complexity index is 1200. The summed E-state index contributed by atoms with van der Waals surface area (Å²) in [6.07, 6.45) is 0.792. The summed E-state index contributed by atoms with van der Waals surface area (Å²) in [5.74, 6) is 6.33. The number of hydrogen-bond acceptors (Lipinski definition) is 6. The van der Waals surface area contributed by atoms with E-state index < -0.39 is 0 Å². The van der Waals surface area contributed by atoms with Crippen molar-refractivity contribution in [3.05, 3.63) is 79.3 Å². The zero-order valence-electron chi connectivity index (χ0n) is 14.6. The first-order chi connectivity index (χ1) is 13.2.